The number of ketones is 1. The summed E-state index contributed by atoms with van der Waals surface area (Å²) in [5.41, 5.74) is 1.57. The van der Waals surface area contributed by atoms with Gasteiger partial charge in [-0.15, -0.1) is 11.3 Å². The van der Waals surface area contributed by atoms with E-state index in [-0.39, 0.29) is 29.7 Å². The Balaban J connectivity index is 1.33. The number of nitrogens with zero attached hydrogens (tertiary/aromatic N) is 1. The van der Waals surface area contributed by atoms with Crippen LogP contribution in [0.4, 0.5) is 5.69 Å². The molecule has 1 atom stereocenters. The van der Waals surface area contributed by atoms with Gasteiger partial charge in [-0.05, 0) is 51.0 Å². The number of thiophene rings is 1. The van der Waals surface area contributed by atoms with Gasteiger partial charge in [0.25, 0.3) is 5.91 Å². The van der Waals surface area contributed by atoms with Crippen molar-refractivity contribution in [2.45, 2.75) is 38.8 Å². The summed E-state index contributed by atoms with van der Waals surface area (Å²) in [5, 5.41) is 6.07. The number of hydrogen-bond donors (Lipinski definition) is 2. The van der Waals surface area contributed by atoms with Crippen LogP contribution in [0.5, 0.6) is 0 Å². The molecule has 0 spiro atoms. The van der Waals surface area contributed by atoms with Gasteiger partial charge >= 0.3 is 0 Å². The number of carbonyl (C=O) groups excluding carboxylic acids is 3. The number of nitrogens with one attached hydrogen (secondary N) is 2. The maximum atomic E-state index is 13.0. The van der Waals surface area contributed by atoms with Crippen molar-refractivity contribution in [2.24, 2.45) is 0 Å². The molecule has 1 unspecified atom stereocenters. The molecule has 0 bridgehead atoms. The van der Waals surface area contributed by atoms with Gasteiger partial charge in [0.05, 0.1) is 16.6 Å². The zero-order valence-corrected chi connectivity index (χ0v) is 20.2. The molecule has 1 saturated heterocycles. The highest BCUT2D eigenvalue weighted by atomic mass is 32.1. The standard InChI is InChI=1S/C27H29N3O3S/c1-18-12-13-24(34-18)27(33)28-21-14-16-30(17-15-21)19(2)26(32)29-23-11-7-6-10-22(23)25(31)20-8-4-3-5-9-20/h3-13,19,21H,14-17H2,1-2H3,(H,28,33)(H,29,32). The smallest absolute Gasteiger partial charge is 0.261 e. The molecular formula is C27H29N3O3S. The molecular weight excluding hydrogens is 446 g/mol. The van der Waals surface area contributed by atoms with Crippen LogP contribution in [0, 0.1) is 6.92 Å². The molecule has 7 heteroatoms. The van der Waals surface area contributed by atoms with Crippen molar-refractivity contribution in [1.82, 2.24) is 10.2 Å². The predicted molar refractivity (Wildman–Crippen MR) is 136 cm³/mol. The maximum Gasteiger partial charge on any atom is 0.261 e. The minimum absolute atomic E-state index is 0.0259. The molecule has 2 N–H and O–H groups in total. The Bertz CT molecular complexity index is 1170. The summed E-state index contributed by atoms with van der Waals surface area (Å²) in [7, 11) is 0. The molecule has 2 aromatic carbocycles. The van der Waals surface area contributed by atoms with Gasteiger partial charge in [0.2, 0.25) is 5.91 Å². The van der Waals surface area contributed by atoms with E-state index < -0.39 is 0 Å². The Labute approximate surface area is 204 Å². The number of carbonyl (C=O) groups is 3. The lowest BCUT2D eigenvalue weighted by atomic mass is 10.0. The minimum atomic E-state index is -0.350. The van der Waals surface area contributed by atoms with Gasteiger partial charge in [-0.1, -0.05) is 42.5 Å². The van der Waals surface area contributed by atoms with Gasteiger partial charge in [0, 0.05) is 35.1 Å². The number of amides is 2. The molecule has 0 saturated carbocycles. The average Bonchev–Trinajstić information content (AvgIpc) is 3.31. The third-order valence-electron chi connectivity index (χ3n) is 6.22. The molecule has 2 amide bonds. The molecule has 176 valence electrons. The first-order chi connectivity index (χ1) is 16.4. The zero-order valence-electron chi connectivity index (χ0n) is 19.4. The summed E-state index contributed by atoms with van der Waals surface area (Å²) in [6, 6.07) is 19.7. The van der Waals surface area contributed by atoms with Gasteiger partial charge in [0.1, 0.15) is 0 Å². The zero-order chi connectivity index (χ0) is 24.1. The quantitative estimate of drug-likeness (QED) is 0.493. The third-order valence-corrected chi connectivity index (χ3v) is 7.22. The molecule has 1 aromatic heterocycles. The van der Waals surface area contributed by atoms with E-state index in [9.17, 15) is 14.4 Å². The van der Waals surface area contributed by atoms with Crippen molar-refractivity contribution in [3.63, 3.8) is 0 Å². The Hall–Kier alpha value is -3.29. The maximum absolute atomic E-state index is 13.0. The molecule has 4 rings (SSSR count). The molecule has 0 radical (unpaired) electrons. The van der Waals surface area contributed by atoms with Crippen molar-refractivity contribution in [3.05, 3.63) is 87.6 Å². The van der Waals surface area contributed by atoms with E-state index >= 15 is 0 Å². The molecule has 0 aliphatic carbocycles. The first kappa shape index (κ1) is 23.9. The van der Waals surface area contributed by atoms with Crippen LogP contribution in [0.15, 0.2) is 66.7 Å². The molecule has 3 aromatic rings. The molecule has 1 aliphatic rings. The third kappa shape index (κ3) is 5.61. The first-order valence-electron chi connectivity index (χ1n) is 11.5. The lowest BCUT2D eigenvalue weighted by Gasteiger charge is -2.35. The fourth-order valence-electron chi connectivity index (χ4n) is 4.18. The fourth-order valence-corrected chi connectivity index (χ4v) is 4.95. The lowest BCUT2D eigenvalue weighted by Crippen LogP contribution is -2.50. The fraction of sp³-hybridized carbons (Fsp3) is 0.296. The van der Waals surface area contributed by atoms with E-state index in [1.807, 2.05) is 50.2 Å². The van der Waals surface area contributed by atoms with E-state index in [4.69, 9.17) is 0 Å². The second-order valence-electron chi connectivity index (χ2n) is 8.60. The van der Waals surface area contributed by atoms with Crippen molar-refractivity contribution >= 4 is 34.6 Å². The van der Waals surface area contributed by atoms with Crippen LogP contribution in [-0.4, -0.2) is 47.7 Å². The predicted octanol–water partition coefficient (Wildman–Crippen LogP) is 4.51. The van der Waals surface area contributed by atoms with E-state index in [1.165, 1.54) is 11.3 Å². The first-order valence-corrected chi connectivity index (χ1v) is 12.3. The average molecular weight is 476 g/mol. The number of anilines is 1. The van der Waals surface area contributed by atoms with Gasteiger partial charge < -0.3 is 10.6 Å². The number of piperidine rings is 1. The Kier molecular flexibility index (Phi) is 7.55. The van der Waals surface area contributed by atoms with Crippen LogP contribution in [0.2, 0.25) is 0 Å². The Morgan fingerprint density at radius 3 is 2.29 bits per heavy atom. The second-order valence-corrected chi connectivity index (χ2v) is 9.89. The highest BCUT2D eigenvalue weighted by Gasteiger charge is 2.28. The van der Waals surface area contributed by atoms with Gasteiger partial charge in [-0.2, -0.15) is 0 Å². The van der Waals surface area contributed by atoms with Crippen molar-refractivity contribution in [3.8, 4) is 0 Å². The molecule has 1 fully saturated rings. The number of benzene rings is 2. The van der Waals surface area contributed by atoms with Crippen molar-refractivity contribution in [1.29, 1.82) is 0 Å². The van der Waals surface area contributed by atoms with Gasteiger partial charge in [-0.3, -0.25) is 19.3 Å². The molecule has 6 nitrogen and oxygen atoms in total. The highest BCUT2D eigenvalue weighted by molar-refractivity contribution is 7.13. The van der Waals surface area contributed by atoms with Crippen LogP contribution in [0.3, 0.4) is 0 Å². The van der Waals surface area contributed by atoms with E-state index in [2.05, 4.69) is 15.5 Å². The topological polar surface area (TPSA) is 78.5 Å². The Morgan fingerprint density at radius 1 is 0.941 bits per heavy atom. The normalized spacial score (nSPS) is 15.5. The molecule has 34 heavy (non-hydrogen) atoms. The summed E-state index contributed by atoms with van der Waals surface area (Å²) >= 11 is 1.50. The SMILES string of the molecule is Cc1ccc(C(=O)NC2CCN(C(C)C(=O)Nc3ccccc3C(=O)c3ccccc3)CC2)s1. The number of hydrogen-bond acceptors (Lipinski definition) is 5. The number of aryl methyl sites for hydroxylation is 1. The minimum Gasteiger partial charge on any atom is -0.349 e. The number of likely N-dealkylation sites (tertiary alicyclic amines) is 1. The number of rotatable bonds is 7. The summed E-state index contributed by atoms with van der Waals surface area (Å²) in [5.74, 6) is -0.298. The van der Waals surface area contributed by atoms with Crippen LogP contribution in [0.1, 0.15) is 50.2 Å². The van der Waals surface area contributed by atoms with Crippen LogP contribution in [0.25, 0.3) is 0 Å². The molecule has 1 aliphatic heterocycles. The van der Waals surface area contributed by atoms with Crippen molar-refractivity contribution < 1.29 is 14.4 Å². The largest absolute Gasteiger partial charge is 0.349 e. The summed E-state index contributed by atoms with van der Waals surface area (Å²) in [4.78, 5) is 42.4. The van der Waals surface area contributed by atoms with Gasteiger partial charge in [0.15, 0.2) is 5.78 Å². The summed E-state index contributed by atoms with van der Waals surface area (Å²) < 4.78 is 0. The summed E-state index contributed by atoms with van der Waals surface area (Å²) in [6.07, 6.45) is 1.58. The van der Waals surface area contributed by atoms with E-state index in [1.54, 1.807) is 30.3 Å². The van der Waals surface area contributed by atoms with Crippen molar-refractivity contribution in [2.75, 3.05) is 18.4 Å². The van der Waals surface area contributed by atoms with Crippen LogP contribution >= 0.6 is 11.3 Å². The van der Waals surface area contributed by atoms with Crippen LogP contribution in [-0.2, 0) is 4.79 Å². The number of para-hydroxylation sites is 1. The van der Waals surface area contributed by atoms with E-state index in [0.29, 0.717) is 29.9 Å². The Morgan fingerprint density at radius 2 is 1.62 bits per heavy atom. The monoisotopic (exact) mass is 475 g/mol. The van der Waals surface area contributed by atoms with Crippen LogP contribution < -0.4 is 10.6 Å². The molecule has 2 heterocycles. The highest BCUT2D eigenvalue weighted by Crippen LogP contribution is 2.21. The van der Waals surface area contributed by atoms with E-state index in [0.717, 1.165) is 22.6 Å². The summed E-state index contributed by atoms with van der Waals surface area (Å²) in [6.45, 7) is 5.30. The second kappa shape index (κ2) is 10.8. The van der Waals surface area contributed by atoms with Gasteiger partial charge in [-0.25, -0.2) is 0 Å². The lowest BCUT2D eigenvalue weighted by molar-refractivity contribution is -0.121.